The van der Waals surface area contributed by atoms with E-state index in [1.807, 2.05) is 13.8 Å². The van der Waals surface area contributed by atoms with Crippen LogP contribution in [0.5, 0.6) is 0 Å². The van der Waals surface area contributed by atoms with Crippen LogP contribution in [0.25, 0.3) is 0 Å². The first kappa shape index (κ1) is 11.8. The highest BCUT2D eigenvalue weighted by Gasteiger charge is 2.17. The van der Waals surface area contributed by atoms with Gasteiger partial charge in [-0.15, -0.1) is 0 Å². The van der Waals surface area contributed by atoms with Crippen molar-refractivity contribution in [3.8, 4) is 0 Å². The molecular weight excluding hydrogens is 240 g/mol. The topological polar surface area (TPSA) is 73.1 Å². The number of nitrogens with zero attached hydrogens (tertiary/aromatic N) is 2. The third-order valence-electron chi connectivity index (χ3n) is 2.58. The van der Waals surface area contributed by atoms with E-state index in [1.54, 1.807) is 18.2 Å². The Hall–Kier alpha value is -1.69. The first-order valence-electron chi connectivity index (χ1n) is 5.05. The second-order valence-corrected chi connectivity index (χ2v) is 5.89. The quantitative estimate of drug-likeness (QED) is 0.830. The van der Waals surface area contributed by atoms with Gasteiger partial charge < -0.3 is 0 Å². The molecule has 1 heterocycles. The van der Waals surface area contributed by atoms with E-state index in [0.29, 0.717) is 10.6 Å². The van der Waals surface area contributed by atoms with Gasteiger partial charge >= 0.3 is 0 Å². The Bertz CT molecular complexity index is 618. The average Bonchev–Trinajstić information content (AvgIpc) is 2.73. The van der Waals surface area contributed by atoms with Crippen molar-refractivity contribution in [2.24, 2.45) is 0 Å². The lowest BCUT2D eigenvalue weighted by molar-refractivity contribution is 0.304. The summed E-state index contributed by atoms with van der Waals surface area (Å²) in [5.41, 5.74) is 2.32. The van der Waals surface area contributed by atoms with E-state index in [0.717, 1.165) is 11.1 Å². The van der Waals surface area contributed by atoms with Crippen molar-refractivity contribution < 1.29 is 13.0 Å². The summed E-state index contributed by atoms with van der Waals surface area (Å²) in [6, 6.07) is 5.06. The van der Waals surface area contributed by atoms with Crippen LogP contribution in [0.3, 0.4) is 0 Å². The molecule has 0 aliphatic carbocycles. The fourth-order valence-corrected chi connectivity index (χ4v) is 2.75. The van der Waals surface area contributed by atoms with Gasteiger partial charge in [-0.1, -0.05) is 16.4 Å². The lowest BCUT2D eigenvalue weighted by Gasteiger charge is -2.05. The summed E-state index contributed by atoms with van der Waals surface area (Å²) in [5, 5.41) is 6.88. The Morgan fingerprint density at radius 1 is 1.24 bits per heavy atom. The van der Waals surface area contributed by atoms with E-state index in [1.165, 1.54) is 6.20 Å². The molecule has 6 heteroatoms. The van der Waals surface area contributed by atoms with E-state index in [2.05, 4.69) is 14.9 Å². The SMILES string of the molecule is Cc1ccc(S(=O)(=O)Cc2cnon2)cc1C. The molecule has 0 aliphatic rings. The predicted molar refractivity (Wildman–Crippen MR) is 61.1 cm³/mol. The second kappa shape index (κ2) is 4.29. The second-order valence-electron chi connectivity index (χ2n) is 3.90. The van der Waals surface area contributed by atoms with Crippen LogP contribution in [0.2, 0.25) is 0 Å². The van der Waals surface area contributed by atoms with Crippen LogP contribution < -0.4 is 0 Å². The maximum Gasteiger partial charge on any atom is 0.184 e. The van der Waals surface area contributed by atoms with Crippen LogP contribution in [-0.2, 0) is 15.6 Å². The Labute approximate surface area is 99.3 Å². The normalized spacial score (nSPS) is 11.6. The molecule has 0 saturated heterocycles. The van der Waals surface area contributed by atoms with Crippen LogP contribution >= 0.6 is 0 Å². The number of aryl methyl sites for hydroxylation is 2. The van der Waals surface area contributed by atoms with E-state index in [-0.39, 0.29) is 5.75 Å². The van der Waals surface area contributed by atoms with Crippen LogP contribution in [-0.4, -0.2) is 18.7 Å². The average molecular weight is 252 g/mol. The Kier molecular flexibility index (Phi) is 2.97. The molecule has 0 unspecified atom stereocenters. The van der Waals surface area contributed by atoms with Crippen LogP contribution in [0.15, 0.2) is 33.9 Å². The zero-order valence-corrected chi connectivity index (χ0v) is 10.4. The van der Waals surface area contributed by atoms with Crippen molar-refractivity contribution in [3.63, 3.8) is 0 Å². The third kappa shape index (κ3) is 2.52. The molecule has 0 atom stereocenters. The summed E-state index contributed by atoms with van der Waals surface area (Å²) >= 11 is 0. The highest BCUT2D eigenvalue weighted by atomic mass is 32.2. The maximum absolute atomic E-state index is 12.1. The number of sulfone groups is 1. The molecule has 1 aromatic heterocycles. The lowest BCUT2D eigenvalue weighted by Crippen LogP contribution is -2.05. The predicted octanol–water partition coefficient (Wildman–Crippen LogP) is 1.66. The number of hydrogen-bond donors (Lipinski definition) is 0. The minimum Gasteiger partial charge on any atom is -0.244 e. The first-order valence-corrected chi connectivity index (χ1v) is 6.71. The van der Waals surface area contributed by atoms with Gasteiger partial charge in [0.05, 0.1) is 11.1 Å². The van der Waals surface area contributed by atoms with Crippen molar-refractivity contribution >= 4 is 9.84 Å². The van der Waals surface area contributed by atoms with Gasteiger partial charge in [-0.05, 0) is 37.1 Å². The van der Waals surface area contributed by atoms with Crippen molar-refractivity contribution in [2.75, 3.05) is 0 Å². The molecule has 0 N–H and O–H groups in total. The van der Waals surface area contributed by atoms with Gasteiger partial charge in [0.25, 0.3) is 0 Å². The molecule has 17 heavy (non-hydrogen) atoms. The summed E-state index contributed by atoms with van der Waals surface area (Å²) < 4.78 is 28.5. The smallest absolute Gasteiger partial charge is 0.184 e. The monoisotopic (exact) mass is 252 g/mol. The van der Waals surface area contributed by atoms with Crippen LogP contribution in [0, 0.1) is 13.8 Å². The highest BCUT2D eigenvalue weighted by molar-refractivity contribution is 7.90. The fraction of sp³-hybridized carbons (Fsp3) is 0.273. The van der Waals surface area contributed by atoms with Gasteiger partial charge in [0.2, 0.25) is 0 Å². The van der Waals surface area contributed by atoms with Crippen LogP contribution in [0.4, 0.5) is 0 Å². The molecule has 0 radical (unpaired) electrons. The Morgan fingerprint density at radius 2 is 2.00 bits per heavy atom. The van der Waals surface area contributed by atoms with Gasteiger partial charge in [0.15, 0.2) is 9.84 Å². The number of aromatic nitrogens is 2. The molecule has 0 spiro atoms. The van der Waals surface area contributed by atoms with Gasteiger partial charge in [-0.3, -0.25) is 0 Å². The van der Waals surface area contributed by atoms with Crippen molar-refractivity contribution in [3.05, 3.63) is 41.2 Å². The molecule has 2 rings (SSSR count). The first-order chi connectivity index (χ1) is 7.99. The number of rotatable bonds is 3. The van der Waals surface area contributed by atoms with Crippen molar-refractivity contribution in [1.29, 1.82) is 0 Å². The molecule has 0 saturated carbocycles. The number of benzene rings is 1. The molecule has 0 bridgehead atoms. The lowest BCUT2D eigenvalue weighted by atomic mass is 10.1. The summed E-state index contributed by atoms with van der Waals surface area (Å²) in [5.74, 6) is -0.195. The van der Waals surface area contributed by atoms with Gasteiger partial charge in [-0.2, -0.15) is 0 Å². The minimum atomic E-state index is -3.38. The summed E-state index contributed by atoms with van der Waals surface area (Å²) in [7, 11) is -3.38. The molecule has 2 aromatic rings. The third-order valence-corrected chi connectivity index (χ3v) is 4.23. The van der Waals surface area contributed by atoms with Gasteiger partial charge in [0, 0.05) is 0 Å². The highest BCUT2D eigenvalue weighted by Crippen LogP contribution is 2.18. The zero-order valence-electron chi connectivity index (χ0n) is 9.54. The van der Waals surface area contributed by atoms with Gasteiger partial charge in [0.1, 0.15) is 11.4 Å². The minimum absolute atomic E-state index is 0.195. The Balaban J connectivity index is 2.35. The maximum atomic E-state index is 12.1. The molecule has 90 valence electrons. The summed E-state index contributed by atoms with van der Waals surface area (Å²) in [6.45, 7) is 3.82. The van der Waals surface area contributed by atoms with E-state index in [9.17, 15) is 8.42 Å². The molecular formula is C11H12N2O3S. The van der Waals surface area contributed by atoms with E-state index in [4.69, 9.17) is 0 Å². The van der Waals surface area contributed by atoms with E-state index < -0.39 is 9.84 Å². The molecule has 5 nitrogen and oxygen atoms in total. The van der Waals surface area contributed by atoms with E-state index >= 15 is 0 Å². The Morgan fingerprint density at radius 3 is 2.59 bits per heavy atom. The summed E-state index contributed by atoms with van der Waals surface area (Å²) in [6.07, 6.45) is 1.30. The zero-order chi connectivity index (χ0) is 12.5. The largest absolute Gasteiger partial charge is 0.244 e. The molecule has 0 fully saturated rings. The fourth-order valence-electron chi connectivity index (χ4n) is 1.43. The van der Waals surface area contributed by atoms with Crippen molar-refractivity contribution in [2.45, 2.75) is 24.5 Å². The van der Waals surface area contributed by atoms with Crippen molar-refractivity contribution in [1.82, 2.24) is 10.3 Å². The standard InChI is InChI=1S/C11H12N2O3S/c1-8-3-4-11(5-9(8)2)17(14,15)7-10-6-12-16-13-10/h3-6H,7H2,1-2H3. The molecule has 0 aliphatic heterocycles. The molecule has 0 amide bonds. The molecule has 1 aromatic carbocycles. The van der Waals surface area contributed by atoms with Crippen LogP contribution in [0.1, 0.15) is 16.8 Å². The summed E-state index contributed by atoms with van der Waals surface area (Å²) in [4.78, 5) is 0.295. The van der Waals surface area contributed by atoms with Gasteiger partial charge in [-0.25, -0.2) is 13.0 Å². The number of hydrogen-bond acceptors (Lipinski definition) is 5.